The number of aliphatic hydroxyl groups excluding tert-OH is 1. The lowest BCUT2D eigenvalue weighted by Gasteiger charge is -2.25. The van der Waals surface area contributed by atoms with E-state index < -0.39 is 20.0 Å². The van der Waals surface area contributed by atoms with Gasteiger partial charge in [0.1, 0.15) is 13.2 Å². The van der Waals surface area contributed by atoms with E-state index in [1.165, 1.54) is 19.3 Å². The van der Waals surface area contributed by atoms with E-state index in [4.69, 9.17) is 9.05 Å². The van der Waals surface area contributed by atoms with Gasteiger partial charge in [0.05, 0.1) is 39.9 Å². The highest BCUT2D eigenvalue weighted by Gasteiger charge is 2.27. The van der Waals surface area contributed by atoms with Crippen molar-refractivity contribution in [2.24, 2.45) is 0 Å². The van der Waals surface area contributed by atoms with Gasteiger partial charge in [0.25, 0.3) is 0 Å². The van der Waals surface area contributed by atoms with Gasteiger partial charge < -0.3 is 19.8 Å². The Labute approximate surface area is 306 Å². The van der Waals surface area contributed by atoms with Crippen LogP contribution in [0.4, 0.5) is 0 Å². The van der Waals surface area contributed by atoms with Crippen molar-refractivity contribution < 1.29 is 32.9 Å². The largest absolute Gasteiger partial charge is 0.472 e. The van der Waals surface area contributed by atoms with Crippen LogP contribution in [0.15, 0.2) is 72.9 Å². The molecule has 0 aromatic heterocycles. The minimum absolute atomic E-state index is 0.0541. The molecule has 1 amide bonds. The number of carbonyl (C=O) groups excluding carboxylic acids is 1. The number of rotatable bonds is 33. The fourth-order valence-corrected chi connectivity index (χ4v) is 5.56. The van der Waals surface area contributed by atoms with Gasteiger partial charge in [-0.25, -0.2) is 4.57 Å². The lowest BCUT2D eigenvalue weighted by atomic mass is 10.1. The highest BCUT2D eigenvalue weighted by atomic mass is 31.2. The number of phosphoric acid groups is 1. The quantitative estimate of drug-likeness (QED) is 0.0270. The summed E-state index contributed by atoms with van der Waals surface area (Å²) in [4.78, 5) is 22.8. The molecule has 0 aliphatic heterocycles. The van der Waals surface area contributed by atoms with Gasteiger partial charge in [-0.3, -0.25) is 13.8 Å². The van der Waals surface area contributed by atoms with E-state index in [0.29, 0.717) is 17.4 Å². The number of phosphoric ester groups is 1. The molecule has 50 heavy (non-hydrogen) atoms. The second-order valence-corrected chi connectivity index (χ2v) is 15.4. The number of hydrogen-bond donors (Lipinski definition) is 3. The Bertz CT molecular complexity index is 1040. The minimum atomic E-state index is -4.32. The zero-order chi connectivity index (χ0) is 37.2. The number of amides is 1. The van der Waals surface area contributed by atoms with Gasteiger partial charge in [-0.2, -0.15) is 0 Å². The first-order valence-corrected chi connectivity index (χ1v) is 20.8. The lowest BCUT2D eigenvalue weighted by molar-refractivity contribution is -0.870. The summed E-state index contributed by atoms with van der Waals surface area (Å²) in [5, 5.41) is 13.6. The molecule has 3 N–H and O–H groups in total. The van der Waals surface area contributed by atoms with Gasteiger partial charge >= 0.3 is 7.82 Å². The van der Waals surface area contributed by atoms with Crippen molar-refractivity contribution in [3.63, 3.8) is 0 Å². The number of nitrogens with zero attached hydrogens (tertiary/aromatic N) is 1. The first-order chi connectivity index (χ1) is 24.0. The Morgan fingerprint density at radius 3 is 1.76 bits per heavy atom. The summed E-state index contributed by atoms with van der Waals surface area (Å²) >= 11 is 0. The number of allylic oxidation sites excluding steroid dienone is 11. The molecule has 0 saturated carbocycles. The molecule has 0 spiro atoms. The maximum atomic E-state index is 12.7. The van der Waals surface area contributed by atoms with Crippen LogP contribution in [0.3, 0.4) is 0 Å². The second-order valence-electron chi connectivity index (χ2n) is 13.9. The Morgan fingerprint density at radius 2 is 1.20 bits per heavy atom. The summed E-state index contributed by atoms with van der Waals surface area (Å²) in [7, 11) is 1.54. The van der Waals surface area contributed by atoms with Crippen molar-refractivity contribution in [1.29, 1.82) is 0 Å². The van der Waals surface area contributed by atoms with Crippen LogP contribution in [0, 0.1) is 0 Å². The predicted octanol–water partition coefficient (Wildman–Crippen LogP) is 10.1. The van der Waals surface area contributed by atoms with Gasteiger partial charge in [-0.05, 0) is 64.2 Å². The van der Waals surface area contributed by atoms with Crippen LogP contribution in [-0.4, -0.2) is 73.4 Å². The minimum Gasteiger partial charge on any atom is -0.387 e. The molecular formula is C41H74N2O6P+. The number of aliphatic hydroxyl groups is 1. The van der Waals surface area contributed by atoms with E-state index >= 15 is 0 Å². The molecule has 0 aliphatic carbocycles. The fourth-order valence-electron chi connectivity index (χ4n) is 4.83. The summed E-state index contributed by atoms with van der Waals surface area (Å²) in [5.74, 6) is -0.201. The summed E-state index contributed by atoms with van der Waals surface area (Å²) in [6, 6.07) is -0.852. The van der Waals surface area contributed by atoms with Crippen molar-refractivity contribution in [2.75, 3.05) is 40.9 Å². The first-order valence-electron chi connectivity index (χ1n) is 19.3. The molecule has 9 heteroatoms. The molecule has 0 saturated heterocycles. The molecule has 8 nitrogen and oxygen atoms in total. The third-order valence-electron chi connectivity index (χ3n) is 7.93. The molecule has 0 fully saturated rings. The third kappa shape index (κ3) is 34.4. The van der Waals surface area contributed by atoms with Crippen molar-refractivity contribution in [3.8, 4) is 0 Å². The first kappa shape index (κ1) is 47.9. The summed E-state index contributed by atoms with van der Waals surface area (Å²) in [6.07, 6.45) is 42.9. The van der Waals surface area contributed by atoms with Crippen molar-refractivity contribution in [2.45, 2.75) is 142 Å². The molecule has 3 atom stereocenters. The number of nitrogens with one attached hydrogen (secondary N) is 1. The van der Waals surface area contributed by atoms with Gasteiger partial charge in [0, 0.05) is 6.42 Å². The molecule has 3 unspecified atom stereocenters. The molecule has 0 bridgehead atoms. The Balaban J connectivity index is 4.21. The van der Waals surface area contributed by atoms with E-state index in [1.54, 1.807) is 6.08 Å². The summed E-state index contributed by atoms with van der Waals surface area (Å²) in [6.45, 7) is 4.54. The number of quaternary nitrogens is 1. The van der Waals surface area contributed by atoms with Gasteiger partial charge in [-0.15, -0.1) is 0 Å². The van der Waals surface area contributed by atoms with Crippen molar-refractivity contribution in [3.05, 3.63) is 72.9 Å². The van der Waals surface area contributed by atoms with E-state index in [-0.39, 0.29) is 19.1 Å². The molecule has 0 rings (SSSR count). The summed E-state index contributed by atoms with van der Waals surface area (Å²) in [5.41, 5.74) is 0. The highest BCUT2D eigenvalue weighted by Crippen LogP contribution is 2.43. The topological polar surface area (TPSA) is 105 Å². The van der Waals surface area contributed by atoms with Crippen molar-refractivity contribution in [1.82, 2.24) is 5.32 Å². The number of likely N-dealkylation sites (N-methyl/N-ethyl adjacent to an activating group) is 1. The average molecular weight is 722 g/mol. The molecular weight excluding hydrogens is 647 g/mol. The normalized spacial score (nSPS) is 15.4. The maximum absolute atomic E-state index is 12.7. The van der Waals surface area contributed by atoms with Crippen LogP contribution >= 0.6 is 7.82 Å². The van der Waals surface area contributed by atoms with Crippen LogP contribution in [0.5, 0.6) is 0 Å². The van der Waals surface area contributed by atoms with Crippen LogP contribution in [0.1, 0.15) is 129 Å². The van der Waals surface area contributed by atoms with Gasteiger partial charge in [0.15, 0.2) is 0 Å². The van der Waals surface area contributed by atoms with Crippen LogP contribution < -0.4 is 5.32 Å². The van der Waals surface area contributed by atoms with Gasteiger partial charge in [0.2, 0.25) is 5.91 Å². The fraction of sp³-hybridized carbons (Fsp3) is 0.683. The third-order valence-corrected chi connectivity index (χ3v) is 8.92. The van der Waals surface area contributed by atoms with Crippen LogP contribution in [0.2, 0.25) is 0 Å². The Morgan fingerprint density at radius 1 is 0.700 bits per heavy atom. The monoisotopic (exact) mass is 722 g/mol. The van der Waals surface area contributed by atoms with E-state index in [9.17, 15) is 19.4 Å². The molecule has 0 aromatic carbocycles. The zero-order valence-electron chi connectivity index (χ0n) is 32.4. The van der Waals surface area contributed by atoms with Gasteiger partial charge in [-0.1, -0.05) is 132 Å². The van der Waals surface area contributed by atoms with Crippen molar-refractivity contribution >= 4 is 13.7 Å². The number of carbonyl (C=O) groups is 1. The van der Waals surface area contributed by atoms with E-state index in [1.807, 2.05) is 27.2 Å². The smallest absolute Gasteiger partial charge is 0.387 e. The summed E-state index contributed by atoms with van der Waals surface area (Å²) < 4.78 is 23.3. The zero-order valence-corrected chi connectivity index (χ0v) is 33.2. The van der Waals surface area contributed by atoms with Crippen LogP contribution in [0.25, 0.3) is 0 Å². The van der Waals surface area contributed by atoms with E-state index in [2.05, 4.69) is 79.9 Å². The lowest BCUT2D eigenvalue weighted by Crippen LogP contribution is -2.45. The Kier molecular flexibility index (Phi) is 31.5. The molecule has 288 valence electrons. The number of unbranched alkanes of at least 4 members (excludes halogenated alkanes) is 10. The molecule has 0 aliphatic rings. The molecule has 0 radical (unpaired) electrons. The predicted molar refractivity (Wildman–Crippen MR) is 212 cm³/mol. The SMILES string of the molecule is CC/C=C\C/C=C\C/C=C\C/C=C\C/C=C\CCCCCCCCCC(=O)NC(COP(=O)(O)OCC[N+](C)(C)C)C(O)/C=C/CCCCC. The van der Waals surface area contributed by atoms with Crippen LogP contribution in [-0.2, 0) is 18.4 Å². The Hall–Kier alpha value is -2.06. The number of hydrogen-bond acceptors (Lipinski definition) is 5. The standard InChI is InChI=1S/C41H73N2O6P/c1-6-8-10-12-13-14-15-16-17-18-19-20-21-22-23-24-25-26-27-28-29-31-33-35-41(45)42-39(40(44)34-32-30-11-9-7-2)38-49-50(46,47)48-37-36-43(3,4)5/h8,10,13-14,16-17,19-20,22-23,32,34,39-40,44H,6-7,9,11-12,15,18,21,24-31,33,35-38H2,1-5H3,(H-,42,45,46,47)/p+1/b10-8-,14-13-,17-16-,20-19-,23-22-,34-32+. The maximum Gasteiger partial charge on any atom is 0.472 e. The average Bonchev–Trinajstić information content (AvgIpc) is 3.06. The molecule has 0 aromatic rings. The van der Waals surface area contributed by atoms with E-state index in [0.717, 1.165) is 89.9 Å². The highest BCUT2D eigenvalue weighted by molar-refractivity contribution is 7.47. The second kappa shape index (κ2) is 32.8. The molecule has 0 heterocycles.